The Labute approximate surface area is 161 Å². The van der Waals surface area contributed by atoms with E-state index in [-0.39, 0.29) is 12.1 Å². The number of nitrogens with zero attached hydrogens (tertiary/aromatic N) is 2. The second-order valence-electron chi connectivity index (χ2n) is 6.26. The SMILES string of the molecule is C#CCn1c(CCOC)nc2scc(-c3ccc4ccccc4c3)c2c1=O. The van der Waals surface area contributed by atoms with E-state index in [1.54, 1.807) is 11.7 Å². The molecule has 5 heteroatoms. The molecule has 0 bridgehead atoms. The molecule has 0 radical (unpaired) electrons. The number of hydrogen-bond donors (Lipinski definition) is 0. The molecule has 0 amide bonds. The van der Waals surface area contributed by atoms with Gasteiger partial charge in [-0.15, -0.1) is 17.8 Å². The van der Waals surface area contributed by atoms with Gasteiger partial charge < -0.3 is 4.74 Å². The molecular formula is C22H18N2O2S. The molecule has 0 aliphatic heterocycles. The van der Waals surface area contributed by atoms with Crippen LogP contribution in [0.25, 0.3) is 32.1 Å². The molecule has 0 aliphatic carbocycles. The third-order valence-electron chi connectivity index (χ3n) is 4.61. The number of benzene rings is 2. The van der Waals surface area contributed by atoms with E-state index in [1.807, 2.05) is 23.6 Å². The maximum atomic E-state index is 13.2. The molecule has 0 saturated heterocycles. The fourth-order valence-electron chi connectivity index (χ4n) is 3.27. The first-order valence-electron chi connectivity index (χ1n) is 8.65. The van der Waals surface area contributed by atoms with Crippen molar-refractivity contribution in [3.63, 3.8) is 0 Å². The van der Waals surface area contributed by atoms with Gasteiger partial charge in [-0.3, -0.25) is 9.36 Å². The van der Waals surface area contributed by atoms with Gasteiger partial charge in [0.1, 0.15) is 10.7 Å². The molecule has 27 heavy (non-hydrogen) atoms. The molecular weight excluding hydrogens is 356 g/mol. The fourth-order valence-corrected chi connectivity index (χ4v) is 4.23. The van der Waals surface area contributed by atoms with Crippen LogP contribution < -0.4 is 5.56 Å². The monoisotopic (exact) mass is 374 g/mol. The van der Waals surface area contributed by atoms with Crippen molar-refractivity contribution in [2.75, 3.05) is 13.7 Å². The van der Waals surface area contributed by atoms with Gasteiger partial charge in [-0.2, -0.15) is 0 Å². The van der Waals surface area contributed by atoms with E-state index in [4.69, 9.17) is 16.1 Å². The average molecular weight is 374 g/mol. The molecule has 0 spiro atoms. The van der Waals surface area contributed by atoms with Gasteiger partial charge in [0.2, 0.25) is 0 Å². The van der Waals surface area contributed by atoms with Crippen LogP contribution in [0, 0.1) is 12.3 Å². The maximum absolute atomic E-state index is 13.2. The van der Waals surface area contributed by atoms with E-state index >= 15 is 0 Å². The van der Waals surface area contributed by atoms with Crippen LogP contribution in [0.5, 0.6) is 0 Å². The zero-order valence-corrected chi connectivity index (χ0v) is 15.8. The Morgan fingerprint density at radius 1 is 1.22 bits per heavy atom. The molecule has 0 saturated carbocycles. The van der Waals surface area contributed by atoms with Crippen LogP contribution in [0.2, 0.25) is 0 Å². The van der Waals surface area contributed by atoms with Crippen LogP contribution in [0.15, 0.2) is 52.6 Å². The van der Waals surface area contributed by atoms with Crippen molar-refractivity contribution in [2.24, 2.45) is 0 Å². The highest BCUT2D eigenvalue weighted by Gasteiger charge is 2.16. The van der Waals surface area contributed by atoms with Crippen LogP contribution in [0.3, 0.4) is 0 Å². The second-order valence-corrected chi connectivity index (χ2v) is 7.12. The first-order valence-corrected chi connectivity index (χ1v) is 9.53. The Hall–Kier alpha value is -2.94. The molecule has 2 aromatic heterocycles. The standard InChI is InChI=1S/C22H18N2O2S/c1-3-11-24-19(10-12-26-2)23-21-20(22(24)25)18(14-27-21)17-9-8-15-6-4-5-7-16(15)13-17/h1,4-9,13-14H,10-12H2,2H3. The van der Waals surface area contributed by atoms with Gasteiger partial charge in [0.15, 0.2) is 0 Å². The number of rotatable bonds is 5. The third kappa shape index (κ3) is 3.14. The molecule has 0 unspecified atom stereocenters. The molecule has 4 nitrogen and oxygen atoms in total. The maximum Gasteiger partial charge on any atom is 0.263 e. The topological polar surface area (TPSA) is 44.1 Å². The van der Waals surface area contributed by atoms with E-state index in [2.05, 4.69) is 30.2 Å². The number of thiophene rings is 1. The lowest BCUT2D eigenvalue weighted by Gasteiger charge is -2.10. The lowest BCUT2D eigenvalue weighted by molar-refractivity contribution is 0.199. The highest BCUT2D eigenvalue weighted by molar-refractivity contribution is 7.17. The van der Waals surface area contributed by atoms with E-state index in [0.29, 0.717) is 24.2 Å². The Kier molecular flexibility index (Phi) is 4.76. The minimum atomic E-state index is -0.0894. The van der Waals surface area contributed by atoms with Crippen LogP contribution in [0.4, 0.5) is 0 Å². The lowest BCUT2D eigenvalue weighted by Crippen LogP contribution is -2.25. The summed E-state index contributed by atoms with van der Waals surface area (Å²) in [4.78, 5) is 18.7. The summed E-state index contributed by atoms with van der Waals surface area (Å²) in [5.74, 6) is 3.23. The Bertz CT molecular complexity index is 1230. The minimum absolute atomic E-state index is 0.0894. The molecule has 2 aromatic carbocycles. The van der Waals surface area contributed by atoms with Crippen LogP contribution in [-0.4, -0.2) is 23.3 Å². The number of aromatic nitrogens is 2. The van der Waals surface area contributed by atoms with Gasteiger partial charge in [-0.1, -0.05) is 42.3 Å². The van der Waals surface area contributed by atoms with Crippen LogP contribution >= 0.6 is 11.3 Å². The first-order chi connectivity index (χ1) is 13.2. The van der Waals surface area contributed by atoms with Crippen molar-refractivity contribution in [1.29, 1.82) is 0 Å². The predicted molar refractivity (Wildman–Crippen MR) is 111 cm³/mol. The summed E-state index contributed by atoms with van der Waals surface area (Å²) in [7, 11) is 1.63. The quantitative estimate of drug-likeness (QED) is 0.494. The van der Waals surface area contributed by atoms with Gasteiger partial charge in [-0.05, 0) is 22.4 Å². The minimum Gasteiger partial charge on any atom is -0.384 e. The highest BCUT2D eigenvalue weighted by Crippen LogP contribution is 2.32. The molecule has 0 atom stereocenters. The van der Waals surface area contributed by atoms with Gasteiger partial charge >= 0.3 is 0 Å². The van der Waals surface area contributed by atoms with Gasteiger partial charge in [0, 0.05) is 24.5 Å². The van der Waals surface area contributed by atoms with Gasteiger partial charge in [-0.25, -0.2) is 4.98 Å². The van der Waals surface area contributed by atoms with Crippen LogP contribution in [0.1, 0.15) is 5.82 Å². The average Bonchev–Trinajstić information content (AvgIpc) is 3.12. The van der Waals surface area contributed by atoms with Crippen molar-refractivity contribution < 1.29 is 4.74 Å². The van der Waals surface area contributed by atoms with Crippen molar-refractivity contribution in [3.05, 3.63) is 64.0 Å². The number of methoxy groups -OCH3 is 1. The molecule has 0 aliphatic rings. The molecule has 4 rings (SSSR count). The summed E-state index contributed by atoms with van der Waals surface area (Å²) in [5, 5.41) is 4.95. The van der Waals surface area contributed by atoms with Crippen molar-refractivity contribution >= 4 is 32.3 Å². The zero-order valence-electron chi connectivity index (χ0n) is 14.9. The summed E-state index contributed by atoms with van der Waals surface area (Å²) < 4.78 is 6.72. The molecule has 2 heterocycles. The Balaban J connectivity index is 1.92. The fraction of sp³-hybridized carbons (Fsp3) is 0.182. The smallest absolute Gasteiger partial charge is 0.263 e. The molecule has 0 fully saturated rings. The summed E-state index contributed by atoms with van der Waals surface area (Å²) in [6, 6.07) is 14.4. The summed E-state index contributed by atoms with van der Waals surface area (Å²) in [5.41, 5.74) is 1.83. The van der Waals surface area contributed by atoms with Crippen molar-refractivity contribution in [1.82, 2.24) is 9.55 Å². The summed E-state index contributed by atoms with van der Waals surface area (Å²) in [6.45, 7) is 0.694. The van der Waals surface area contributed by atoms with E-state index in [9.17, 15) is 4.79 Å². The van der Waals surface area contributed by atoms with Gasteiger partial charge in [0.25, 0.3) is 5.56 Å². The van der Waals surface area contributed by atoms with Crippen molar-refractivity contribution in [2.45, 2.75) is 13.0 Å². The van der Waals surface area contributed by atoms with E-state index in [1.165, 1.54) is 16.7 Å². The van der Waals surface area contributed by atoms with Gasteiger partial charge in [0.05, 0.1) is 18.5 Å². The molecule has 134 valence electrons. The number of fused-ring (bicyclic) bond motifs is 2. The predicted octanol–water partition coefficient (Wildman–Crippen LogP) is 4.10. The van der Waals surface area contributed by atoms with E-state index < -0.39 is 0 Å². The number of hydrogen-bond acceptors (Lipinski definition) is 4. The molecule has 4 aromatic rings. The zero-order chi connectivity index (χ0) is 18.8. The Morgan fingerprint density at radius 2 is 2.04 bits per heavy atom. The van der Waals surface area contributed by atoms with Crippen LogP contribution in [-0.2, 0) is 17.7 Å². The van der Waals surface area contributed by atoms with Crippen molar-refractivity contribution in [3.8, 4) is 23.5 Å². The normalized spacial score (nSPS) is 11.1. The number of terminal acetylenes is 1. The lowest BCUT2D eigenvalue weighted by atomic mass is 10.0. The second kappa shape index (κ2) is 7.36. The largest absolute Gasteiger partial charge is 0.384 e. The summed E-state index contributed by atoms with van der Waals surface area (Å²) >= 11 is 1.49. The third-order valence-corrected chi connectivity index (χ3v) is 5.48. The molecule has 0 N–H and O–H groups in total. The summed E-state index contributed by atoms with van der Waals surface area (Å²) in [6.07, 6.45) is 6.04. The highest BCUT2D eigenvalue weighted by atomic mass is 32.1. The van der Waals surface area contributed by atoms with E-state index in [0.717, 1.165) is 21.3 Å². The Morgan fingerprint density at radius 3 is 2.81 bits per heavy atom. The first kappa shape index (κ1) is 17.5. The number of ether oxygens (including phenoxy) is 1.